The Morgan fingerprint density at radius 1 is 1.53 bits per heavy atom. The maximum atomic E-state index is 5.91. The fourth-order valence-corrected chi connectivity index (χ4v) is 3.75. The fraction of sp³-hybridized carbons (Fsp3) is 0.636. The van der Waals surface area contributed by atoms with Crippen LogP contribution in [0.15, 0.2) is 12.1 Å². The third-order valence-corrected chi connectivity index (χ3v) is 5.31. The van der Waals surface area contributed by atoms with Crippen molar-refractivity contribution < 1.29 is 0 Å². The minimum absolute atomic E-state index is 0.565. The third-order valence-electron chi connectivity index (χ3n) is 2.90. The van der Waals surface area contributed by atoms with E-state index in [0.29, 0.717) is 5.41 Å². The van der Waals surface area contributed by atoms with Crippen LogP contribution in [0, 0.1) is 5.41 Å². The van der Waals surface area contributed by atoms with Crippen LogP contribution in [-0.2, 0) is 6.54 Å². The number of halogens is 2. The molecule has 0 bridgehead atoms. The molecule has 1 aromatic rings. The minimum Gasteiger partial charge on any atom is -0.301 e. The molecule has 1 aromatic heterocycles. The van der Waals surface area contributed by atoms with E-state index in [1.807, 2.05) is 6.07 Å². The molecule has 0 N–H and O–H groups in total. The van der Waals surface area contributed by atoms with Gasteiger partial charge in [-0.3, -0.25) is 0 Å². The van der Waals surface area contributed by atoms with Gasteiger partial charge in [-0.05, 0) is 37.4 Å². The highest BCUT2D eigenvalue weighted by atomic mass is 79.9. The van der Waals surface area contributed by atoms with E-state index >= 15 is 0 Å². The molecule has 4 heteroatoms. The van der Waals surface area contributed by atoms with Crippen LogP contribution in [0.3, 0.4) is 0 Å². The van der Waals surface area contributed by atoms with Gasteiger partial charge in [0.1, 0.15) is 0 Å². The molecule has 0 spiro atoms. The van der Waals surface area contributed by atoms with Crippen LogP contribution in [0.4, 0.5) is 0 Å². The fourth-order valence-electron chi connectivity index (χ4n) is 1.84. The summed E-state index contributed by atoms with van der Waals surface area (Å²) in [6, 6.07) is 4.10. The van der Waals surface area contributed by atoms with Gasteiger partial charge in [0.2, 0.25) is 0 Å². The second-order valence-electron chi connectivity index (χ2n) is 4.51. The van der Waals surface area contributed by atoms with Crippen LogP contribution in [0.1, 0.15) is 17.7 Å². The summed E-state index contributed by atoms with van der Waals surface area (Å²) in [6.07, 6.45) is 2.74. The molecule has 84 valence electrons. The van der Waals surface area contributed by atoms with Gasteiger partial charge in [-0.25, -0.2) is 0 Å². The molecule has 0 radical (unpaired) electrons. The Morgan fingerprint density at radius 2 is 2.27 bits per heavy atom. The van der Waals surface area contributed by atoms with E-state index in [9.17, 15) is 0 Å². The first-order valence-electron chi connectivity index (χ1n) is 5.12. The zero-order valence-corrected chi connectivity index (χ0v) is 12.0. The number of hydrogen-bond acceptors (Lipinski definition) is 2. The first kappa shape index (κ1) is 11.9. The van der Waals surface area contributed by atoms with Crippen molar-refractivity contribution in [2.45, 2.75) is 19.4 Å². The maximum absolute atomic E-state index is 5.91. The molecule has 1 aliphatic carbocycles. The SMILES string of the molecule is CN(Cc1ccc(Cl)s1)CC1(CBr)CC1. The van der Waals surface area contributed by atoms with Gasteiger partial charge in [-0.1, -0.05) is 27.5 Å². The molecule has 0 amide bonds. The van der Waals surface area contributed by atoms with E-state index in [0.717, 1.165) is 16.2 Å². The zero-order chi connectivity index (χ0) is 10.9. The smallest absolute Gasteiger partial charge is 0.0931 e. The Kier molecular flexibility index (Phi) is 3.76. The first-order valence-corrected chi connectivity index (χ1v) is 7.44. The van der Waals surface area contributed by atoms with E-state index < -0.39 is 0 Å². The van der Waals surface area contributed by atoms with E-state index in [-0.39, 0.29) is 0 Å². The van der Waals surface area contributed by atoms with Crippen LogP contribution in [0.2, 0.25) is 4.34 Å². The van der Waals surface area contributed by atoms with Crippen LogP contribution < -0.4 is 0 Å². The second kappa shape index (κ2) is 4.74. The van der Waals surface area contributed by atoms with Crippen molar-refractivity contribution >= 4 is 38.9 Å². The first-order chi connectivity index (χ1) is 7.13. The molecular formula is C11H15BrClNS. The summed E-state index contributed by atoms with van der Waals surface area (Å²) in [5.74, 6) is 0. The van der Waals surface area contributed by atoms with Crippen molar-refractivity contribution in [3.8, 4) is 0 Å². The lowest BCUT2D eigenvalue weighted by Gasteiger charge is -2.21. The Morgan fingerprint density at radius 3 is 2.73 bits per heavy atom. The van der Waals surface area contributed by atoms with Gasteiger partial charge in [0.15, 0.2) is 0 Å². The highest BCUT2D eigenvalue weighted by Crippen LogP contribution is 2.47. The number of hydrogen-bond donors (Lipinski definition) is 0. The predicted molar refractivity (Wildman–Crippen MR) is 71.1 cm³/mol. The summed E-state index contributed by atoms with van der Waals surface area (Å²) in [4.78, 5) is 3.75. The summed E-state index contributed by atoms with van der Waals surface area (Å²) < 4.78 is 0.889. The highest BCUT2D eigenvalue weighted by Gasteiger charge is 2.42. The molecule has 15 heavy (non-hydrogen) atoms. The Bertz CT molecular complexity index is 335. The largest absolute Gasteiger partial charge is 0.301 e. The van der Waals surface area contributed by atoms with Gasteiger partial charge in [0.05, 0.1) is 4.34 Å². The molecule has 0 saturated heterocycles. The molecule has 1 fully saturated rings. The molecule has 1 aliphatic rings. The van der Waals surface area contributed by atoms with Crippen LogP contribution in [0.5, 0.6) is 0 Å². The van der Waals surface area contributed by atoms with Crippen LogP contribution in [-0.4, -0.2) is 23.8 Å². The van der Waals surface area contributed by atoms with Gasteiger partial charge in [-0.15, -0.1) is 11.3 Å². The van der Waals surface area contributed by atoms with Crippen molar-refractivity contribution in [2.75, 3.05) is 18.9 Å². The van der Waals surface area contributed by atoms with E-state index in [4.69, 9.17) is 11.6 Å². The molecule has 0 unspecified atom stereocenters. The normalized spacial score (nSPS) is 18.4. The van der Waals surface area contributed by atoms with E-state index in [2.05, 4.69) is 33.9 Å². The topological polar surface area (TPSA) is 3.24 Å². The summed E-state index contributed by atoms with van der Waals surface area (Å²) in [6.45, 7) is 2.21. The van der Waals surface area contributed by atoms with Gasteiger partial charge < -0.3 is 4.90 Å². The Balaban J connectivity index is 1.84. The summed E-state index contributed by atoms with van der Waals surface area (Å²) in [5, 5.41) is 1.13. The highest BCUT2D eigenvalue weighted by molar-refractivity contribution is 9.09. The van der Waals surface area contributed by atoms with E-state index in [1.165, 1.54) is 24.3 Å². The summed E-state index contributed by atoms with van der Waals surface area (Å²) in [7, 11) is 2.19. The Hall–Kier alpha value is 0.430. The number of thiophene rings is 1. The van der Waals surface area contributed by atoms with Crippen LogP contribution in [0.25, 0.3) is 0 Å². The van der Waals surface area contributed by atoms with Gasteiger partial charge in [0.25, 0.3) is 0 Å². The monoisotopic (exact) mass is 307 g/mol. The third kappa shape index (κ3) is 3.19. The summed E-state index contributed by atoms with van der Waals surface area (Å²) >= 11 is 11.2. The van der Waals surface area contributed by atoms with Gasteiger partial charge >= 0.3 is 0 Å². The molecule has 1 saturated carbocycles. The zero-order valence-electron chi connectivity index (χ0n) is 8.80. The molecule has 0 aliphatic heterocycles. The maximum Gasteiger partial charge on any atom is 0.0931 e. The van der Waals surface area contributed by atoms with Gasteiger partial charge in [0, 0.05) is 23.3 Å². The number of nitrogens with zero attached hydrogens (tertiary/aromatic N) is 1. The molecule has 1 heterocycles. The molecule has 0 atom stereocenters. The molecule has 2 rings (SSSR count). The Labute approximate surface area is 109 Å². The van der Waals surface area contributed by atoms with Crippen molar-refractivity contribution in [3.05, 3.63) is 21.3 Å². The lowest BCUT2D eigenvalue weighted by atomic mass is 10.1. The lowest BCUT2D eigenvalue weighted by Crippen LogP contribution is -2.26. The number of rotatable bonds is 5. The predicted octanol–water partition coefficient (Wildman–Crippen LogP) is 4.01. The van der Waals surface area contributed by atoms with Crippen molar-refractivity contribution in [1.29, 1.82) is 0 Å². The van der Waals surface area contributed by atoms with E-state index in [1.54, 1.807) is 11.3 Å². The van der Waals surface area contributed by atoms with Gasteiger partial charge in [-0.2, -0.15) is 0 Å². The second-order valence-corrected chi connectivity index (χ2v) is 6.87. The average Bonchev–Trinajstić information content (AvgIpc) is 2.84. The molecular weight excluding hydrogens is 294 g/mol. The molecule has 1 nitrogen and oxygen atoms in total. The van der Waals surface area contributed by atoms with Crippen molar-refractivity contribution in [3.63, 3.8) is 0 Å². The quantitative estimate of drug-likeness (QED) is 0.743. The van der Waals surface area contributed by atoms with Crippen molar-refractivity contribution in [1.82, 2.24) is 4.90 Å². The molecule has 0 aromatic carbocycles. The average molecular weight is 309 g/mol. The van der Waals surface area contributed by atoms with Crippen LogP contribution >= 0.6 is 38.9 Å². The van der Waals surface area contributed by atoms with Crippen molar-refractivity contribution in [2.24, 2.45) is 5.41 Å². The minimum atomic E-state index is 0.565. The number of alkyl halides is 1. The summed E-state index contributed by atoms with van der Waals surface area (Å²) in [5.41, 5.74) is 0.565. The lowest BCUT2D eigenvalue weighted by molar-refractivity contribution is 0.273. The standard InChI is InChI=1S/C11H15BrClNS/c1-14(8-11(7-12)4-5-11)6-9-2-3-10(13)15-9/h2-3H,4-8H2,1H3.